The zero-order valence-electron chi connectivity index (χ0n) is 10.5. The normalized spacial score (nSPS) is 23.9. The minimum absolute atomic E-state index is 0.514. The molecule has 4 heteroatoms. The topological polar surface area (TPSA) is 54.7 Å². The average Bonchev–Trinajstić information content (AvgIpc) is 2.92. The van der Waals surface area contributed by atoms with Crippen molar-refractivity contribution >= 4 is 27.0 Å². The number of hydrogen-bond acceptors (Lipinski definition) is 2. The Kier molecular flexibility index (Phi) is 3.16. The molecule has 2 atom stereocenters. The average molecular weight is 308 g/mol. The summed E-state index contributed by atoms with van der Waals surface area (Å²) in [6.07, 6.45) is 3.72. The number of fused-ring (bicyclic) bond motifs is 1. The van der Waals surface area contributed by atoms with Gasteiger partial charge in [0.25, 0.3) is 0 Å². The predicted octanol–water partition coefficient (Wildman–Crippen LogP) is 3.48. The van der Waals surface area contributed by atoms with Gasteiger partial charge in [-0.15, -0.1) is 0 Å². The van der Waals surface area contributed by atoms with Crippen LogP contribution in [0.2, 0.25) is 0 Å². The van der Waals surface area contributed by atoms with E-state index in [0.717, 1.165) is 27.9 Å². The van der Waals surface area contributed by atoms with Crippen LogP contribution in [0.5, 0.6) is 0 Å². The number of H-pyrrole nitrogens is 1. The Labute approximate surface area is 115 Å². The van der Waals surface area contributed by atoms with E-state index in [0.29, 0.717) is 11.8 Å². The number of imidazole rings is 1. The van der Waals surface area contributed by atoms with E-state index in [1.165, 1.54) is 24.8 Å². The van der Waals surface area contributed by atoms with Gasteiger partial charge < -0.3 is 10.7 Å². The second-order valence-electron chi connectivity index (χ2n) is 5.27. The number of aromatic nitrogens is 2. The highest BCUT2D eigenvalue weighted by Gasteiger charge is 2.29. The van der Waals surface area contributed by atoms with Crippen molar-refractivity contribution in [1.29, 1.82) is 0 Å². The molecule has 1 aromatic heterocycles. The molecule has 0 radical (unpaired) electrons. The highest BCUT2D eigenvalue weighted by Crippen LogP contribution is 2.38. The van der Waals surface area contributed by atoms with Crippen LogP contribution in [0.25, 0.3) is 11.0 Å². The van der Waals surface area contributed by atoms with Crippen LogP contribution in [0, 0.1) is 12.8 Å². The minimum Gasteiger partial charge on any atom is -0.342 e. The number of rotatable bonds is 2. The van der Waals surface area contributed by atoms with Crippen LogP contribution in [0.3, 0.4) is 0 Å². The molecule has 3 N–H and O–H groups in total. The lowest BCUT2D eigenvalue weighted by molar-refractivity contribution is 0.481. The van der Waals surface area contributed by atoms with Crippen LogP contribution in [0.4, 0.5) is 0 Å². The monoisotopic (exact) mass is 307 g/mol. The summed E-state index contributed by atoms with van der Waals surface area (Å²) in [4.78, 5) is 8.29. The number of halogens is 1. The molecule has 3 rings (SSSR count). The van der Waals surface area contributed by atoms with Crippen molar-refractivity contribution in [3.63, 3.8) is 0 Å². The first kappa shape index (κ1) is 12.2. The van der Waals surface area contributed by atoms with Gasteiger partial charge in [-0.1, -0.05) is 22.4 Å². The van der Waals surface area contributed by atoms with E-state index in [2.05, 4.69) is 40.0 Å². The third-order valence-corrected chi connectivity index (χ3v) is 4.53. The van der Waals surface area contributed by atoms with E-state index >= 15 is 0 Å². The number of nitrogens with one attached hydrogen (secondary N) is 1. The maximum atomic E-state index is 5.86. The SMILES string of the molecule is Cc1cc(Br)cc2[nH]c(C3CCCC3CN)nc12. The molecule has 2 aromatic rings. The zero-order valence-corrected chi connectivity index (χ0v) is 12.1. The largest absolute Gasteiger partial charge is 0.342 e. The van der Waals surface area contributed by atoms with Gasteiger partial charge in [0.2, 0.25) is 0 Å². The summed E-state index contributed by atoms with van der Waals surface area (Å²) < 4.78 is 1.10. The van der Waals surface area contributed by atoms with Gasteiger partial charge in [-0.2, -0.15) is 0 Å². The predicted molar refractivity (Wildman–Crippen MR) is 77.7 cm³/mol. The molecule has 2 unspecified atom stereocenters. The molecular weight excluding hydrogens is 290 g/mol. The Morgan fingerprint density at radius 3 is 3.06 bits per heavy atom. The number of benzene rings is 1. The molecule has 1 saturated carbocycles. The van der Waals surface area contributed by atoms with Crippen molar-refractivity contribution < 1.29 is 0 Å². The highest BCUT2D eigenvalue weighted by molar-refractivity contribution is 9.10. The summed E-state index contributed by atoms with van der Waals surface area (Å²) >= 11 is 3.53. The van der Waals surface area contributed by atoms with Crippen LogP contribution in [0.15, 0.2) is 16.6 Å². The summed E-state index contributed by atoms with van der Waals surface area (Å²) in [5, 5.41) is 0. The zero-order chi connectivity index (χ0) is 12.7. The molecule has 1 aromatic carbocycles. The van der Waals surface area contributed by atoms with Gasteiger partial charge >= 0.3 is 0 Å². The molecular formula is C14H18BrN3. The van der Waals surface area contributed by atoms with Gasteiger partial charge in [-0.25, -0.2) is 4.98 Å². The van der Waals surface area contributed by atoms with Crippen LogP contribution in [-0.2, 0) is 0 Å². The summed E-state index contributed by atoms with van der Waals surface area (Å²) in [6.45, 7) is 2.87. The number of nitrogens with zero attached hydrogens (tertiary/aromatic N) is 1. The standard InChI is InChI=1S/C14H18BrN3/c1-8-5-10(15)6-12-13(8)18-14(17-12)11-4-2-3-9(11)7-16/h5-6,9,11H,2-4,7,16H2,1H3,(H,17,18). The Morgan fingerprint density at radius 1 is 1.44 bits per heavy atom. The van der Waals surface area contributed by atoms with Crippen LogP contribution >= 0.6 is 15.9 Å². The van der Waals surface area contributed by atoms with Crippen LogP contribution < -0.4 is 5.73 Å². The maximum absolute atomic E-state index is 5.86. The van der Waals surface area contributed by atoms with Gasteiger partial charge in [0.1, 0.15) is 5.82 Å². The second-order valence-corrected chi connectivity index (χ2v) is 6.19. The summed E-state index contributed by atoms with van der Waals surface area (Å²) in [6, 6.07) is 4.22. The first-order valence-electron chi connectivity index (χ1n) is 6.55. The molecule has 0 amide bonds. The van der Waals surface area contributed by atoms with Gasteiger partial charge in [-0.05, 0) is 49.9 Å². The Hall–Kier alpha value is -0.870. The molecule has 0 saturated heterocycles. The third-order valence-electron chi connectivity index (χ3n) is 4.07. The van der Waals surface area contributed by atoms with Crippen molar-refractivity contribution in [2.24, 2.45) is 11.7 Å². The fraction of sp³-hybridized carbons (Fsp3) is 0.500. The van der Waals surface area contributed by atoms with Crippen molar-refractivity contribution in [2.45, 2.75) is 32.1 Å². The van der Waals surface area contributed by atoms with E-state index < -0.39 is 0 Å². The fourth-order valence-electron chi connectivity index (χ4n) is 3.12. The third kappa shape index (κ3) is 1.97. The minimum atomic E-state index is 0.514. The molecule has 0 aliphatic heterocycles. The molecule has 3 nitrogen and oxygen atoms in total. The van der Waals surface area contributed by atoms with Crippen molar-refractivity contribution in [3.8, 4) is 0 Å². The second kappa shape index (κ2) is 4.67. The van der Waals surface area contributed by atoms with Crippen LogP contribution in [-0.4, -0.2) is 16.5 Å². The Morgan fingerprint density at radius 2 is 2.28 bits per heavy atom. The molecule has 0 spiro atoms. The van der Waals surface area contributed by atoms with E-state index in [-0.39, 0.29) is 0 Å². The number of aromatic amines is 1. The summed E-state index contributed by atoms with van der Waals surface area (Å²) in [5.41, 5.74) is 9.29. The van der Waals surface area contributed by atoms with Gasteiger partial charge in [-0.3, -0.25) is 0 Å². The van der Waals surface area contributed by atoms with Crippen molar-refractivity contribution in [2.75, 3.05) is 6.54 Å². The molecule has 1 fully saturated rings. The Balaban J connectivity index is 2.05. The maximum Gasteiger partial charge on any atom is 0.110 e. The fourth-order valence-corrected chi connectivity index (χ4v) is 3.69. The summed E-state index contributed by atoms with van der Waals surface area (Å²) in [7, 11) is 0. The van der Waals surface area contributed by atoms with E-state index in [1.54, 1.807) is 0 Å². The molecule has 0 bridgehead atoms. The van der Waals surface area contributed by atoms with Crippen molar-refractivity contribution in [1.82, 2.24) is 9.97 Å². The smallest absolute Gasteiger partial charge is 0.110 e. The number of nitrogens with two attached hydrogens (primary N) is 1. The van der Waals surface area contributed by atoms with Gasteiger partial charge in [0.05, 0.1) is 11.0 Å². The lowest BCUT2D eigenvalue weighted by Crippen LogP contribution is -2.17. The van der Waals surface area contributed by atoms with E-state index in [9.17, 15) is 0 Å². The molecule has 1 heterocycles. The van der Waals surface area contributed by atoms with Gasteiger partial charge in [0.15, 0.2) is 0 Å². The highest BCUT2D eigenvalue weighted by atomic mass is 79.9. The van der Waals surface area contributed by atoms with Crippen molar-refractivity contribution in [3.05, 3.63) is 28.0 Å². The molecule has 1 aliphatic rings. The Bertz CT molecular complexity index is 576. The van der Waals surface area contributed by atoms with E-state index in [1.807, 2.05) is 0 Å². The molecule has 96 valence electrons. The summed E-state index contributed by atoms with van der Waals surface area (Å²) in [5.74, 6) is 2.23. The number of hydrogen-bond donors (Lipinski definition) is 2. The van der Waals surface area contributed by atoms with Crippen LogP contribution in [0.1, 0.15) is 36.6 Å². The lowest BCUT2D eigenvalue weighted by Gasteiger charge is -2.14. The van der Waals surface area contributed by atoms with E-state index in [4.69, 9.17) is 10.7 Å². The van der Waals surface area contributed by atoms with Gasteiger partial charge in [0, 0.05) is 10.4 Å². The first-order valence-corrected chi connectivity index (χ1v) is 7.34. The number of aryl methyl sites for hydroxylation is 1. The first-order chi connectivity index (χ1) is 8.69. The quantitative estimate of drug-likeness (QED) is 0.892. The lowest BCUT2D eigenvalue weighted by atomic mass is 9.96. The molecule has 1 aliphatic carbocycles. The molecule has 18 heavy (non-hydrogen) atoms.